The van der Waals surface area contributed by atoms with Crippen LogP contribution in [0.2, 0.25) is 0 Å². The van der Waals surface area contributed by atoms with E-state index in [1.807, 2.05) is 0 Å². The van der Waals surface area contributed by atoms with E-state index in [9.17, 15) is 43.2 Å². The van der Waals surface area contributed by atoms with Crippen molar-refractivity contribution in [2.45, 2.75) is 451 Å². The summed E-state index contributed by atoms with van der Waals surface area (Å²) in [6, 6.07) is 0. The summed E-state index contributed by atoms with van der Waals surface area (Å²) in [7, 11) is -9.91. The van der Waals surface area contributed by atoms with Crippen LogP contribution in [-0.2, 0) is 65.4 Å². The highest BCUT2D eigenvalue weighted by atomic mass is 31.2. The molecule has 0 rings (SSSR count). The Kier molecular flexibility index (Phi) is 72.5. The number of ether oxygens (including phenoxy) is 4. The Morgan fingerprint density at radius 1 is 0.270 bits per heavy atom. The Labute approximate surface area is 613 Å². The summed E-state index contributed by atoms with van der Waals surface area (Å²) in [5.41, 5.74) is 0. The fraction of sp³-hybridized carbons (Fsp3) is 0.951. The fourth-order valence-electron chi connectivity index (χ4n) is 12.6. The molecule has 0 amide bonds. The number of phosphoric acid groups is 2. The molecule has 100 heavy (non-hydrogen) atoms. The largest absolute Gasteiger partial charge is 0.472 e. The van der Waals surface area contributed by atoms with Crippen molar-refractivity contribution < 1.29 is 80.2 Å². The monoisotopic (exact) mass is 1470 g/mol. The van der Waals surface area contributed by atoms with E-state index < -0.39 is 97.5 Å². The van der Waals surface area contributed by atoms with Crippen LogP contribution in [0.3, 0.4) is 0 Å². The molecular weight excluding hydrogens is 1310 g/mol. The van der Waals surface area contributed by atoms with Crippen molar-refractivity contribution in [3.05, 3.63) is 0 Å². The van der Waals surface area contributed by atoms with E-state index in [-0.39, 0.29) is 25.7 Å². The van der Waals surface area contributed by atoms with Gasteiger partial charge >= 0.3 is 39.5 Å². The van der Waals surface area contributed by atoms with Crippen LogP contribution in [0.1, 0.15) is 433 Å². The molecule has 0 aromatic carbocycles. The molecule has 0 spiro atoms. The third-order valence-electron chi connectivity index (χ3n) is 19.0. The molecule has 3 N–H and O–H groups in total. The maximum absolute atomic E-state index is 13.1. The van der Waals surface area contributed by atoms with Crippen molar-refractivity contribution in [3.8, 4) is 0 Å². The van der Waals surface area contributed by atoms with Crippen LogP contribution >= 0.6 is 15.6 Å². The van der Waals surface area contributed by atoms with Gasteiger partial charge in [-0.3, -0.25) is 37.3 Å². The molecular formula is C81H158O17P2. The predicted molar refractivity (Wildman–Crippen MR) is 409 cm³/mol. The number of aliphatic hydroxyl groups excluding tert-OH is 1. The smallest absolute Gasteiger partial charge is 0.462 e. The Balaban J connectivity index is 5.19. The van der Waals surface area contributed by atoms with Gasteiger partial charge in [0.25, 0.3) is 0 Å². The minimum atomic E-state index is -4.96. The number of hydrogen-bond donors (Lipinski definition) is 3. The fourth-order valence-corrected chi connectivity index (χ4v) is 14.2. The van der Waals surface area contributed by atoms with Gasteiger partial charge in [0.1, 0.15) is 19.3 Å². The number of esters is 4. The minimum absolute atomic E-state index is 0.108. The van der Waals surface area contributed by atoms with Gasteiger partial charge in [-0.1, -0.05) is 381 Å². The molecule has 0 aliphatic carbocycles. The number of rotatable bonds is 81. The summed E-state index contributed by atoms with van der Waals surface area (Å²) in [4.78, 5) is 72.9. The lowest BCUT2D eigenvalue weighted by Crippen LogP contribution is -2.30. The van der Waals surface area contributed by atoms with Crippen molar-refractivity contribution in [2.24, 2.45) is 5.92 Å². The zero-order valence-electron chi connectivity index (χ0n) is 65.3. The zero-order valence-corrected chi connectivity index (χ0v) is 67.1. The Morgan fingerprint density at radius 2 is 0.460 bits per heavy atom. The highest BCUT2D eigenvalue weighted by Gasteiger charge is 2.30. The highest BCUT2D eigenvalue weighted by Crippen LogP contribution is 2.45. The van der Waals surface area contributed by atoms with E-state index in [0.29, 0.717) is 25.7 Å². The van der Waals surface area contributed by atoms with Crippen molar-refractivity contribution in [2.75, 3.05) is 39.6 Å². The topological polar surface area (TPSA) is 237 Å². The second-order valence-corrected chi connectivity index (χ2v) is 32.5. The van der Waals surface area contributed by atoms with Crippen molar-refractivity contribution in [1.29, 1.82) is 0 Å². The number of aliphatic hydroxyl groups is 1. The first-order valence-electron chi connectivity index (χ1n) is 42.1. The van der Waals surface area contributed by atoms with Crippen molar-refractivity contribution in [3.63, 3.8) is 0 Å². The SMILES string of the molecule is CCCCCCCCCCCCCCCCCCC(=O)OC[C@H](COP(=O)(O)OC[C@@H](O)COP(=O)(O)OC[C@@H](COC(=O)CCCCCCCCCC)OC(=O)CCCCCCCCCCCCCCCCC)OC(=O)CCCCCCCCCCCCCCCCCCCCC(C)C. The molecule has 0 radical (unpaired) electrons. The van der Waals surface area contributed by atoms with E-state index >= 15 is 0 Å². The van der Waals surface area contributed by atoms with E-state index in [0.717, 1.165) is 95.8 Å². The van der Waals surface area contributed by atoms with Crippen molar-refractivity contribution in [1.82, 2.24) is 0 Å². The normalized spacial score (nSPS) is 13.8. The summed E-state index contributed by atoms with van der Waals surface area (Å²) in [5.74, 6) is -1.29. The van der Waals surface area contributed by atoms with Crippen LogP contribution in [0, 0.1) is 5.92 Å². The third-order valence-corrected chi connectivity index (χ3v) is 20.9. The summed E-state index contributed by atoms with van der Waals surface area (Å²) < 4.78 is 68.6. The molecule has 594 valence electrons. The molecule has 0 bridgehead atoms. The maximum atomic E-state index is 13.1. The summed E-state index contributed by atoms with van der Waals surface area (Å²) >= 11 is 0. The second-order valence-electron chi connectivity index (χ2n) is 29.6. The average Bonchev–Trinajstić information content (AvgIpc) is 0.930. The number of hydrogen-bond acceptors (Lipinski definition) is 15. The van der Waals surface area contributed by atoms with Crippen LogP contribution in [0.4, 0.5) is 0 Å². The minimum Gasteiger partial charge on any atom is -0.462 e. The quantitative estimate of drug-likeness (QED) is 0.0222. The molecule has 0 aromatic rings. The van der Waals surface area contributed by atoms with Crippen LogP contribution in [0.15, 0.2) is 0 Å². The molecule has 5 atom stereocenters. The van der Waals surface area contributed by atoms with Gasteiger partial charge in [0.05, 0.1) is 26.4 Å². The first kappa shape index (κ1) is 98.1. The maximum Gasteiger partial charge on any atom is 0.472 e. The van der Waals surface area contributed by atoms with E-state index in [1.165, 1.54) is 257 Å². The standard InChI is InChI=1S/C81H158O17P2/c1-6-9-12-15-18-21-23-25-27-34-37-41-45-50-55-60-65-79(84)92-71-77(98-81(86)67-62-57-52-47-43-39-35-31-29-28-30-33-36-40-44-48-53-58-63-74(4)5)73-96-100(89,90)94-69-75(82)68-93-99(87,88)95-72-76(70-91-78(83)64-59-54-49-20-17-14-11-8-3)97-80(85)66-61-56-51-46-42-38-32-26-24-22-19-16-13-10-7-2/h74-77,82H,6-73H2,1-5H3,(H,87,88)(H,89,90)/t75-,76+,77+/m0/s1. The summed E-state index contributed by atoms with van der Waals surface area (Å²) in [6.07, 6.45) is 65.3. The highest BCUT2D eigenvalue weighted by molar-refractivity contribution is 7.47. The molecule has 0 aliphatic heterocycles. The van der Waals surface area contributed by atoms with E-state index in [4.69, 9.17) is 37.0 Å². The van der Waals surface area contributed by atoms with Crippen LogP contribution in [0.5, 0.6) is 0 Å². The van der Waals surface area contributed by atoms with Gasteiger partial charge in [-0.2, -0.15) is 0 Å². The zero-order chi connectivity index (χ0) is 73.4. The molecule has 2 unspecified atom stereocenters. The Hall–Kier alpha value is -1.94. The van der Waals surface area contributed by atoms with Gasteiger partial charge in [-0.15, -0.1) is 0 Å². The van der Waals surface area contributed by atoms with Gasteiger partial charge in [0.15, 0.2) is 12.2 Å². The Bertz CT molecular complexity index is 1910. The number of phosphoric ester groups is 2. The lowest BCUT2D eigenvalue weighted by molar-refractivity contribution is -0.161. The molecule has 0 heterocycles. The molecule has 0 aromatic heterocycles. The first-order chi connectivity index (χ1) is 48.5. The second kappa shape index (κ2) is 73.9. The summed E-state index contributed by atoms with van der Waals surface area (Å²) in [6.45, 7) is 7.35. The average molecular weight is 1470 g/mol. The number of carbonyl (C=O) groups is 4. The van der Waals surface area contributed by atoms with Crippen molar-refractivity contribution >= 4 is 39.5 Å². The summed E-state index contributed by atoms with van der Waals surface area (Å²) in [5, 5.41) is 10.6. The third kappa shape index (κ3) is 74.3. The van der Waals surface area contributed by atoms with Gasteiger partial charge < -0.3 is 33.8 Å². The van der Waals surface area contributed by atoms with Gasteiger partial charge in [-0.05, 0) is 31.6 Å². The number of unbranched alkanes of at least 4 members (excludes halogenated alkanes) is 53. The van der Waals surface area contributed by atoms with Crippen LogP contribution in [0.25, 0.3) is 0 Å². The molecule has 0 aliphatic rings. The van der Waals surface area contributed by atoms with E-state index in [1.54, 1.807) is 0 Å². The molecule has 0 fully saturated rings. The Morgan fingerprint density at radius 3 is 0.680 bits per heavy atom. The molecule has 19 heteroatoms. The molecule has 0 saturated carbocycles. The first-order valence-corrected chi connectivity index (χ1v) is 45.1. The molecule has 0 saturated heterocycles. The van der Waals surface area contributed by atoms with Gasteiger partial charge in [-0.25, -0.2) is 9.13 Å². The van der Waals surface area contributed by atoms with Crippen LogP contribution < -0.4 is 0 Å². The lowest BCUT2D eigenvalue weighted by atomic mass is 10.0. The molecule has 17 nitrogen and oxygen atoms in total. The van der Waals surface area contributed by atoms with Gasteiger partial charge in [0, 0.05) is 25.7 Å². The number of carbonyl (C=O) groups excluding carboxylic acids is 4. The van der Waals surface area contributed by atoms with Gasteiger partial charge in [0.2, 0.25) is 0 Å². The predicted octanol–water partition coefficient (Wildman–Crippen LogP) is 24.4. The van der Waals surface area contributed by atoms with E-state index in [2.05, 4.69) is 34.6 Å². The lowest BCUT2D eigenvalue weighted by Gasteiger charge is -2.21. The van der Waals surface area contributed by atoms with Crippen LogP contribution in [-0.4, -0.2) is 96.7 Å².